The number of halogens is 2. The third-order valence-corrected chi connectivity index (χ3v) is 3.14. The van der Waals surface area contributed by atoms with Gasteiger partial charge in [0, 0.05) is 0 Å². The fourth-order valence-electron chi connectivity index (χ4n) is 1.61. The van der Waals surface area contributed by atoms with Crippen LogP contribution in [0.15, 0.2) is 12.3 Å². The lowest BCUT2D eigenvalue weighted by Crippen LogP contribution is -2.01. The second-order valence-electron chi connectivity index (χ2n) is 3.98. The maximum absolute atomic E-state index is 10.8. The average Bonchev–Trinajstić information content (AvgIpc) is 2.42. The first-order valence-electron chi connectivity index (χ1n) is 5.90. The highest BCUT2D eigenvalue weighted by molar-refractivity contribution is 6.39. The lowest BCUT2D eigenvalue weighted by molar-refractivity contribution is 0.111. The van der Waals surface area contributed by atoms with E-state index in [0.717, 1.165) is 12.8 Å². The van der Waals surface area contributed by atoms with Crippen molar-refractivity contribution in [3.63, 3.8) is 0 Å². The number of carbonyl (C=O) groups excluding carboxylic acids is 1. The number of nitrogens with zero attached hydrogens (tertiary/aromatic N) is 2. The minimum absolute atomic E-state index is 0.214. The summed E-state index contributed by atoms with van der Waals surface area (Å²) in [4.78, 5) is 19.1. The van der Waals surface area contributed by atoms with Gasteiger partial charge in [0.1, 0.15) is 16.7 Å². The van der Waals surface area contributed by atoms with Crippen molar-refractivity contribution in [2.24, 2.45) is 0 Å². The van der Waals surface area contributed by atoms with Crippen LogP contribution in [0, 0.1) is 0 Å². The number of aromatic nitrogens is 2. The fraction of sp³-hybridized carbons (Fsp3) is 0.308. The van der Waals surface area contributed by atoms with Gasteiger partial charge in [0.2, 0.25) is 0 Å². The Labute approximate surface area is 120 Å². The molecule has 1 aromatic heterocycles. The molecule has 2 aromatic rings. The van der Waals surface area contributed by atoms with E-state index in [-0.39, 0.29) is 5.69 Å². The van der Waals surface area contributed by atoms with Gasteiger partial charge in [-0.1, -0.05) is 36.5 Å². The number of unbranched alkanes of at least 4 members (excludes halogenated alkanes) is 1. The summed E-state index contributed by atoms with van der Waals surface area (Å²) in [5, 5.41) is 0.749. The zero-order valence-electron chi connectivity index (χ0n) is 10.3. The molecule has 0 saturated carbocycles. The minimum Gasteiger partial charge on any atom is -0.490 e. The summed E-state index contributed by atoms with van der Waals surface area (Å²) in [5.41, 5.74) is 1.10. The quantitative estimate of drug-likeness (QED) is 0.620. The molecule has 0 radical (unpaired) electrons. The standard InChI is InChI=1S/C13H12Cl2N2O2/c1-2-3-4-19-13-10(15)5-9(14)11-12(13)17-8(7-18)6-16-11/h5-7H,2-4H2,1H3. The van der Waals surface area contributed by atoms with Crippen LogP contribution in [-0.4, -0.2) is 22.9 Å². The molecule has 100 valence electrons. The second-order valence-corrected chi connectivity index (χ2v) is 4.80. The van der Waals surface area contributed by atoms with Gasteiger partial charge in [-0.15, -0.1) is 0 Å². The normalized spacial score (nSPS) is 10.7. The molecule has 0 amide bonds. The molecular formula is C13H12Cl2N2O2. The van der Waals surface area contributed by atoms with Crippen molar-refractivity contribution in [3.8, 4) is 5.75 Å². The van der Waals surface area contributed by atoms with Crippen LogP contribution >= 0.6 is 23.2 Å². The topological polar surface area (TPSA) is 52.1 Å². The molecule has 0 saturated heterocycles. The SMILES string of the molecule is CCCCOc1c(Cl)cc(Cl)c2ncc(C=O)nc12. The van der Waals surface area contributed by atoms with Crippen LogP contribution in [0.25, 0.3) is 11.0 Å². The number of rotatable bonds is 5. The summed E-state index contributed by atoms with van der Waals surface area (Å²) in [6.07, 6.45) is 3.90. The van der Waals surface area contributed by atoms with Crippen LogP contribution in [0.4, 0.5) is 0 Å². The summed E-state index contributed by atoms with van der Waals surface area (Å²) in [6.45, 7) is 2.59. The number of ether oxygens (including phenoxy) is 1. The predicted octanol–water partition coefficient (Wildman–Crippen LogP) is 3.93. The van der Waals surface area contributed by atoms with Gasteiger partial charge in [-0.25, -0.2) is 4.98 Å². The average molecular weight is 299 g/mol. The van der Waals surface area contributed by atoms with E-state index in [2.05, 4.69) is 16.9 Å². The Morgan fingerprint density at radius 3 is 2.79 bits per heavy atom. The Bertz CT molecular complexity index is 617. The monoisotopic (exact) mass is 298 g/mol. The first-order valence-corrected chi connectivity index (χ1v) is 6.65. The fourth-order valence-corrected chi connectivity index (χ4v) is 2.16. The molecule has 0 unspecified atom stereocenters. The number of aldehydes is 1. The van der Waals surface area contributed by atoms with Crippen LogP contribution < -0.4 is 4.74 Å². The molecule has 0 aliphatic carbocycles. The highest BCUT2D eigenvalue weighted by Crippen LogP contribution is 2.36. The minimum atomic E-state index is 0.214. The van der Waals surface area contributed by atoms with E-state index in [4.69, 9.17) is 27.9 Å². The van der Waals surface area contributed by atoms with Gasteiger partial charge in [-0.3, -0.25) is 9.78 Å². The molecule has 6 heteroatoms. The molecule has 0 fully saturated rings. The lowest BCUT2D eigenvalue weighted by Gasteiger charge is -2.11. The maximum Gasteiger partial charge on any atom is 0.170 e. The van der Waals surface area contributed by atoms with Gasteiger partial charge in [0.05, 0.1) is 22.8 Å². The van der Waals surface area contributed by atoms with Crippen molar-refractivity contribution in [1.29, 1.82) is 0 Å². The molecule has 19 heavy (non-hydrogen) atoms. The number of carbonyl (C=O) groups is 1. The summed E-state index contributed by atoms with van der Waals surface area (Å²) >= 11 is 12.2. The zero-order chi connectivity index (χ0) is 13.8. The second kappa shape index (κ2) is 6.17. The van der Waals surface area contributed by atoms with E-state index in [0.29, 0.717) is 39.7 Å². The highest BCUT2D eigenvalue weighted by Gasteiger charge is 2.14. The van der Waals surface area contributed by atoms with Crippen molar-refractivity contribution in [3.05, 3.63) is 28.0 Å². The number of hydrogen-bond acceptors (Lipinski definition) is 4. The van der Waals surface area contributed by atoms with Crippen LogP contribution in [0.1, 0.15) is 30.3 Å². The summed E-state index contributed by atoms with van der Waals surface area (Å²) in [7, 11) is 0. The Hall–Kier alpha value is -1.39. The van der Waals surface area contributed by atoms with E-state index in [1.807, 2.05) is 0 Å². The van der Waals surface area contributed by atoms with Crippen LogP contribution in [-0.2, 0) is 0 Å². The Kier molecular flexibility index (Phi) is 4.56. The van der Waals surface area contributed by atoms with Gasteiger partial charge in [-0.05, 0) is 12.5 Å². The Morgan fingerprint density at radius 1 is 1.32 bits per heavy atom. The van der Waals surface area contributed by atoms with Gasteiger partial charge in [-0.2, -0.15) is 0 Å². The van der Waals surface area contributed by atoms with E-state index in [1.54, 1.807) is 6.07 Å². The molecule has 0 aliphatic heterocycles. The summed E-state index contributed by atoms with van der Waals surface area (Å²) < 4.78 is 5.64. The van der Waals surface area contributed by atoms with Crippen molar-refractivity contribution in [2.45, 2.75) is 19.8 Å². The number of benzene rings is 1. The molecule has 1 aromatic carbocycles. The molecule has 2 rings (SSSR count). The van der Waals surface area contributed by atoms with Gasteiger partial charge in [0.15, 0.2) is 12.0 Å². The van der Waals surface area contributed by atoms with E-state index >= 15 is 0 Å². The Balaban J connectivity index is 2.55. The predicted molar refractivity (Wildman–Crippen MR) is 75.3 cm³/mol. The third-order valence-electron chi connectivity index (χ3n) is 2.57. The molecule has 4 nitrogen and oxygen atoms in total. The van der Waals surface area contributed by atoms with E-state index in [9.17, 15) is 4.79 Å². The van der Waals surface area contributed by atoms with Crippen LogP contribution in [0.3, 0.4) is 0 Å². The molecule has 0 bridgehead atoms. The van der Waals surface area contributed by atoms with Gasteiger partial charge in [0.25, 0.3) is 0 Å². The zero-order valence-corrected chi connectivity index (χ0v) is 11.8. The molecular weight excluding hydrogens is 287 g/mol. The molecule has 1 heterocycles. The molecule has 0 atom stereocenters. The summed E-state index contributed by atoms with van der Waals surface area (Å²) in [6, 6.07) is 1.57. The van der Waals surface area contributed by atoms with E-state index < -0.39 is 0 Å². The molecule has 0 spiro atoms. The molecule has 0 aliphatic rings. The maximum atomic E-state index is 10.8. The van der Waals surface area contributed by atoms with Crippen LogP contribution in [0.2, 0.25) is 10.0 Å². The third kappa shape index (κ3) is 2.96. The summed E-state index contributed by atoms with van der Waals surface area (Å²) in [5.74, 6) is 0.422. The largest absolute Gasteiger partial charge is 0.490 e. The van der Waals surface area contributed by atoms with Gasteiger partial charge >= 0.3 is 0 Å². The van der Waals surface area contributed by atoms with Crippen LogP contribution in [0.5, 0.6) is 5.75 Å². The van der Waals surface area contributed by atoms with Crippen molar-refractivity contribution >= 4 is 40.5 Å². The van der Waals surface area contributed by atoms with Gasteiger partial charge < -0.3 is 4.74 Å². The lowest BCUT2D eigenvalue weighted by atomic mass is 10.2. The first-order chi connectivity index (χ1) is 9.17. The van der Waals surface area contributed by atoms with Crippen molar-refractivity contribution in [1.82, 2.24) is 9.97 Å². The van der Waals surface area contributed by atoms with Crippen molar-refractivity contribution in [2.75, 3.05) is 6.61 Å². The van der Waals surface area contributed by atoms with E-state index in [1.165, 1.54) is 6.20 Å². The first kappa shape index (κ1) is 14.0. The van der Waals surface area contributed by atoms with Crippen molar-refractivity contribution < 1.29 is 9.53 Å². The number of hydrogen-bond donors (Lipinski definition) is 0. The number of fused-ring (bicyclic) bond motifs is 1. The smallest absolute Gasteiger partial charge is 0.170 e. The highest BCUT2D eigenvalue weighted by atomic mass is 35.5. The Morgan fingerprint density at radius 2 is 2.11 bits per heavy atom. The molecule has 0 N–H and O–H groups in total.